The molecular weight excluding hydrogens is 372 g/mol. The van der Waals surface area contributed by atoms with Gasteiger partial charge < -0.3 is 19.7 Å². The third-order valence-corrected chi connectivity index (χ3v) is 4.80. The Hall–Kier alpha value is -2.62. The van der Waals surface area contributed by atoms with Crippen LogP contribution in [-0.2, 0) is 19.1 Å². The highest BCUT2D eigenvalue weighted by atomic mass is 16.5. The Morgan fingerprint density at radius 3 is 1.45 bits per heavy atom. The molecule has 0 spiro atoms. The molecule has 2 N–H and O–H groups in total. The number of hydrogen-bond donors (Lipinski definition) is 2. The third-order valence-electron chi connectivity index (χ3n) is 4.80. The van der Waals surface area contributed by atoms with Gasteiger partial charge >= 0.3 is 0 Å². The van der Waals surface area contributed by atoms with Gasteiger partial charge in [0.1, 0.15) is 46.8 Å². The maximum Gasteiger partial charge on any atom is 0.134 e. The molecular formula is C23H28O6. The minimum atomic E-state index is -0.511. The molecule has 0 radical (unpaired) electrons. The first kappa shape index (κ1) is 22.7. The minimum Gasteiger partial charge on any atom is -0.507 e. The molecule has 0 heterocycles. The summed E-state index contributed by atoms with van der Waals surface area (Å²) >= 11 is 0. The molecule has 0 aromatic carbocycles. The zero-order valence-corrected chi connectivity index (χ0v) is 16.5. The Balaban J connectivity index is 1.45. The summed E-state index contributed by atoms with van der Waals surface area (Å²) in [7, 11) is 0. The highest BCUT2D eigenvalue weighted by Gasteiger charge is 2.20. The molecule has 0 fully saturated rings. The molecule has 156 valence electrons. The number of unbranched alkanes of at least 4 members (excludes halogenated alkanes) is 6. The topological polar surface area (TPSA) is 93.1 Å². The summed E-state index contributed by atoms with van der Waals surface area (Å²) in [6.45, 7) is 1.06. The summed E-state index contributed by atoms with van der Waals surface area (Å²) < 4.78 is 11.3. The summed E-state index contributed by atoms with van der Waals surface area (Å²) in [5.41, 5.74) is 0.306. The van der Waals surface area contributed by atoms with E-state index in [0.717, 1.165) is 44.9 Å². The Kier molecular flexibility index (Phi) is 9.98. The maximum absolute atomic E-state index is 10.9. The van der Waals surface area contributed by atoms with Gasteiger partial charge in [0.2, 0.25) is 0 Å². The molecule has 6 heteroatoms. The van der Waals surface area contributed by atoms with Crippen molar-refractivity contribution in [1.82, 2.24) is 0 Å². The molecule has 2 aliphatic carbocycles. The fourth-order valence-electron chi connectivity index (χ4n) is 3.17. The third kappa shape index (κ3) is 7.37. The van der Waals surface area contributed by atoms with E-state index in [-0.39, 0.29) is 22.7 Å². The van der Waals surface area contributed by atoms with Crippen LogP contribution >= 0.6 is 0 Å². The van der Waals surface area contributed by atoms with Crippen LogP contribution in [-0.4, -0.2) is 47.5 Å². The molecule has 0 aromatic heterocycles. The van der Waals surface area contributed by atoms with Gasteiger partial charge in [-0.1, -0.05) is 56.4 Å². The van der Waals surface area contributed by atoms with Crippen molar-refractivity contribution in [2.24, 2.45) is 0 Å². The monoisotopic (exact) mass is 400 g/mol. The highest BCUT2D eigenvalue weighted by molar-refractivity contribution is 5.64. The van der Waals surface area contributed by atoms with E-state index < -0.39 is 12.2 Å². The van der Waals surface area contributed by atoms with Gasteiger partial charge in [-0.3, -0.25) is 0 Å². The lowest BCUT2D eigenvalue weighted by atomic mass is 10.0. The lowest BCUT2D eigenvalue weighted by Gasteiger charge is -2.17. The average molecular weight is 400 g/mol. The van der Waals surface area contributed by atoms with E-state index in [1.807, 2.05) is 0 Å². The second-order valence-corrected chi connectivity index (χ2v) is 6.96. The number of aliphatic hydroxyl groups is 2. The predicted octanol–water partition coefficient (Wildman–Crippen LogP) is 4.03. The molecule has 6 nitrogen and oxygen atoms in total. The Labute approximate surface area is 171 Å². The lowest BCUT2D eigenvalue weighted by molar-refractivity contribution is 0.101. The van der Waals surface area contributed by atoms with Crippen LogP contribution in [0.15, 0.2) is 59.1 Å². The second-order valence-electron chi connectivity index (χ2n) is 6.96. The molecule has 0 aromatic rings. The molecule has 0 saturated carbocycles. The number of carbonyl (C=O) groups excluding carboxylic acids is 2. The van der Waals surface area contributed by atoms with E-state index in [4.69, 9.17) is 9.47 Å². The highest BCUT2D eigenvalue weighted by Crippen LogP contribution is 2.20. The van der Waals surface area contributed by atoms with Crippen molar-refractivity contribution in [3.63, 3.8) is 0 Å². The Morgan fingerprint density at radius 1 is 0.690 bits per heavy atom. The van der Waals surface area contributed by atoms with Gasteiger partial charge in [0.15, 0.2) is 0 Å². The van der Waals surface area contributed by atoms with Gasteiger partial charge in [-0.25, -0.2) is 9.59 Å². The number of allylic oxidation sites excluding steroid dienone is 4. The molecule has 0 saturated heterocycles. The SMILES string of the molecule is O=C=C1C(O)=CC=CC1OCCCCCCCCCOC1C=CC=C(O)C1=C=O. The fraction of sp³-hybridized carbons (Fsp3) is 0.478. The summed E-state index contributed by atoms with van der Waals surface area (Å²) in [4.78, 5) is 21.8. The van der Waals surface area contributed by atoms with Crippen LogP contribution in [0.4, 0.5) is 0 Å². The predicted molar refractivity (Wildman–Crippen MR) is 110 cm³/mol. The summed E-state index contributed by atoms with van der Waals surface area (Å²) in [5, 5.41) is 19.2. The van der Waals surface area contributed by atoms with Crippen LogP contribution in [0.3, 0.4) is 0 Å². The van der Waals surface area contributed by atoms with E-state index in [9.17, 15) is 19.8 Å². The normalized spacial score (nSPS) is 20.8. The van der Waals surface area contributed by atoms with Gasteiger partial charge in [0.05, 0.1) is 0 Å². The number of aliphatic hydroxyl groups excluding tert-OH is 2. The van der Waals surface area contributed by atoms with Crippen molar-refractivity contribution in [3.8, 4) is 0 Å². The molecule has 0 aliphatic heterocycles. The van der Waals surface area contributed by atoms with Gasteiger partial charge in [-0.15, -0.1) is 0 Å². The van der Waals surface area contributed by atoms with Crippen molar-refractivity contribution in [3.05, 3.63) is 59.1 Å². The fourth-order valence-corrected chi connectivity index (χ4v) is 3.17. The van der Waals surface area contributed by atoms with Crippen molar-refractivity contribution in [1.29, 1.82) is 0 Å². The first-order valence-corrected chi connectivity index (χ1v) is 10.1. The Morgan fingerprint density at radius 2 is 1.07 bits per heavy atom. The summed E-state index contributed by atoms with van der Waals surface area (Å²) in [6.07, 6.45) is 15.9. The average Bonchev–Trinajstić information content (AvgIpc) is 2.72. The van der Waals surface area contributed by atoms with E-state index in [1.165, 1.54) is 12.2 Å². The van der Waals surface area contributed by atoms with E-state index >= 15 is 0 Å². The van der Waals surface area contributed by atoms with Gasteiger partial charge in [-0.05, 0) is 25.0 Å². The molecule has 0 bridgehead atoms. The van der Waals surface area contributed by atoms with Crippen LogP contribution in [0.5, 0.6) is 0 Å². The van der Waals surface area contributed by atoms with Crippen molar-refractivity contribution in [2.45, 2.75) is 57.2 Å². The zero-order chi connectivity index (χ0) is 20.9. The summed E-state index contributed by atoms with van der Waals surface area (Å²) in [5.74, 6) is 3.32. The molecule has 2 aliphatic rings. The van der Waals surface area contributed by atoms with Crippen LogP contribution in [0.1, 0.15) is 44.9 Å². The molecule has 2 atom stereocenters. The van der Waals surface area contributed by atoms with Gasteiger partial charge in [0.25, 0.3) is 0 Å². The number of hydrogen-bond acceptors (Lipinski definition) is 6. The largest absolute Gasteiger partial charge is 0.507 e. The molecule has 2 unspecified atom stereocenters. The number of ether oxygens (including phenoxy) is 2. The Bertz CT molecular complexity index is 696. The van der Waals surface area contributed by atoms with Crippen LogP contribution in [0, 0.1) is 0 Å². The van der Waals surface area contributed by atoms with E-state index in [0.29, 0.717) is 13.2 Å². The van der Waals surface area contributed by atoms with Crippen molar-refractivity contribution < 1.29 is 29.3 Å². The first-order valence-electron chi connectivity index (χ1n) is 10.1. The van der Waals surface area contributed by atoms with Gasteiger partial charge in [-0.2, -0.15) is 0 Å². The minimum absolute atomic E-state index is 0.0809. The van der Waals surface area contributed by atoms with Crippen LogP contribution in [0.2, 0.25) is 0 Å². The quantitative estimate of drug-likeness (QED) is 0.380. The molecule has 2 rings (SSSR count). The number of rotatable bonds is 12. The maximum atomic E-state index is 10.9. The summed E-state index contributed by atoms with van der Waals surface area (Å²) in [6, 6.07) is 0. The van der Waals surface area contributed by atoms with E-state index in [2.05, 4.69) is 0 Å². The van der Waals surface area contributed by atoms with Crippen LogP contribution in [0.25, 0.3) is 0 Å². The van der Waals surface area contributed by atoms with Crippen molar-refractivity contribution >= 4 is 11.9 Å². The second kappa shape index (κ2) is 12.8. The van der Waals surface area contributed by atoms with Crippen molar-refractivity contribution in [2.75, 3.05) is 13.2 Å². The van der Waals surface area contributed by atoms with Crippen LogP contribution < -0.4 is 0 Å². The zero-order valence-electron chi connectivity index (χ0n) is 16.5. The molecule has 0 amide bonds. The van der Waals surface area contributed by atoms with Gasteiger partial charge in [0, 0.05) is 13.2 Å². The van der Waals surface area contributed by atoms with E-state index in [1.54, 1.807) is 36.2 Å². The molecule has 29 heavy (non-hydrogen) atoms. The lowest BCUT2D eigenvalue weighted by Crippen LogP contribution is -2.18. The smallest absolute Gasteiger partial charge is 0.134 e. The standard InChI is InChI=1S/C23H28O6/c24-16-18-20(26)10-8-12-22(18)28-14-6-4-2-1-3-5-7-15-29-23-13-9-11-21(27)19(23)17-25/h8-13,22-23,26-27H,1-7,14-15H2. The first-order chi connectivity index (χ1) is 14.2.